The molecule has 8 N–H and O–H groups in total. The fourth-order valence-corrected chi connectivity index (χ4v) is 7.84. The summed E-state index contributed by atoms with van der Waals surface area (Å²) in [6.07, 6.45) is 13.5. The molecule has 9 aromatic rings. The molecule has 0 saturated heterocycles. The van der Waals surface area contributed by atoms with Gasteiger partial charge < -0.3 is 40.7 Å². The van der Waals surface area contributed by atoms with Crippen LogP contribution in [0.1, 0.15) is 167 Å². The number of ketones is 2. The topological polar surface area (TPSA) is 565 Å². The molecule has 0 atom stereocenters. The molecule has 0 spiro atoms. The second-order valence-corrected chi connectivity index (χ2v) is 21.5. The van der Waals surface area contributed by atoms with Gasteiger partial charge in [0.25, 0.3) is 17.1 Å². The van der Waals surface area contributed by atoms with E-state index in [0.29, 0.717) is 44.6 Å². The SMILES string of the molecule is C.C.CC(=O)c1cc(Cl)c(Cl)cc1C(=O)O.CC(=O)c1cnccc1C.Cc1c[nH]c(=O)c([N+](=O)[O-])c1.Cc1cc(C(=O)O)cc([N+](=O)[O-])c1.Cc1cc([N+](=O)[O-])ccc1C(=O)O.Cc1ccc([N+](=O)[O-])cc1C(=O)O.Cc1cncc(C(=O)O)c1.Cc1cnccc1C(=O)O.Cc1nccnc1C(=O)O. The molecular formula is C69H70Cl2N10O25. The number of carbonyl (C=O) groups is 9. The first-order chi connectivity index (χ1) is 48.4. The predicted octanol–water partition coefficient (Wildman–Crippen LogP) is 13.8. The molecule has 0 fully saturated rings. The third-order valence-corrected chi connectivity index (χ3v) is 13.3. The summed E-state index contributed by atoms with van der Waals surface area (Å²) in [4.78, 5) is 166. The monoisotopic (exact) mass is 1510 g/mol. The van der Waals surface area contributed by atoms with Crippen LogP contribution in [0.3, 0.4) is 0 Å². The zero-order valence-corrected chi connectivity index (χ0v) is 57.6. The molecular weight excluding hydrogens is 1440 g/mol. The van der Waals surface area contributed by atoms with E-state index in [2.05, 4.69) is 29.9 Å². The highest BCUT2D eigenvalue weighted by Gasteiger charge is 2.18. The number of aromatic carboxylic acids is 7. The zero-order chi connectivity index (χ0) is 79.6. The van der Waals surface area contributed by atoms with E-state index in [1.807, 2.05) is 13.0 Å². The Bertz CT molecular complexity index is 4580. The lowest BCUT2D eigenvalue weighted by atomic mass is 10.0. The van der Waals surface area contributed by atoms with Crippen LogP contribution in [0.5, 0.6) is 0 Å². The number of nitrogens with zero attached hydrogens (tertiary/aromatic N) is 9. The summed E-state index contributed by atoms with van der Waals surface area (Å²) >= 11 is 11.3. The first kappa shape index (κ1) is 94.2. The molecule has 35 nitrogen and oxygen atoms in total. The van der Waals surface area contributed by atoms with E-state index in [-0.39, 0.29) is 92.6 Å². The Balaban J connectivity index is 0. The summed E-state index contributed by atoms with van der Waals surface area (Å²) in [6.45, 7) is 16.2. The number of aryl methyl sites for hydroxylation is 8. The van der Waals surface area contributed by atoms with Crippen molar-refractivity contribution in [1.82, 2.24) is 29.9 Å². The van der Waals surface area contributed by atoms with Crippen molar-refractivity contribution in [3.8, 4) is 0 Å². The highest BCUT2D eigenvalue weighted by molar-refractivity contribution is 6.42. The molecule has 0 aliphatic carbocycles. The Kier molecular flexibility index (Phi) is 40.7. The number of hydrogen-bond acceptors (Lipinski definition) is 23. The quantitative estimate of drug-likeness (QED) is 0.0302. The third-order valence-electron chi connectivity index (χ3n) is 12.6. The minimum Gasteiger partial charge on any atom is -0.478 e. The van der Waals surface area contributed by atoms with Gasteiger partial charge in [-0.2, -0.15) is 0 Å². The maximum Gasteiger partial charge on any atom is 0.356 e. The maximum absolute atomic E-state index is 11.1. The summed E-state index contributed by atoms with van der Waals surface area (Å²) in [6, 6.07) is 19.7. The average Bonchev–Trinajstić information content (AvgIpc) is 0.821. The molecule has 106 heavy (non-hydrogen) atoms. The Hall–Kier alpha value is -13.8. The normalized spacial score (nSPS) is 9.36. The Morgan fingerprint density at radius 2 is 0.858 bits per heavy atom. The van der Waals surface area contributed by atoms with Gasteiger partial charge in [-0.25, -0.2) is 38.5 Å². The van der Waals surface area contributed by atoms with Gasteiger partial charge in [-0.05, 0) is 151 Å². The van der Waals surface area contributed by atoms with Gasteiger partial charge in [-0.15, -0.1) is 0 Å². The molecule has 0 saturated carbocycles. The number of non-ortho nitro benzene ring substituents is 3. The van der Waals surface area contributed by atoms with E-state index >= 15 is 0 Å². The van der Waals surface area contributed by atoms with E-state index in [0.717, 1.165) is 23.3 Å². The second-order valence-electron chi connectivity index (χ2n) is 20.7. The summed E-state index contributed by atoms with van der Waals surface area (Å²) in [5.41, 5.74) is 4.73. The number of aromatic nitrogens is 6. The van der Waals surface area contributed by atoms with E-state index in [9.17, 15) is 88.4 Å². The molecule has 560 valence electrons. The van der Waals surface area contributed by atoms with Crippen LogP contribution in [0.15, 0.2) is 152 Å². The average molecular weight is 1510 g/mol. The number of halogens is 2. The van der Waals surface area contributed by atoms with Crippen molar-refractivity contribution in [2.45, 2.75) is 84.1 Å². The van der Waals surface area contributed by atoms with Gasteiger partial charge in [-0.3, -0.25) is 74.8 Å². The number of hydrogen-bond donors (Lipinski definition) is 8. The predicted molar refractivity (Wildman–Crippen MR) is 384 cm³/mol. The summed E-state index contributed by atoms with van der Waals surface area (Å²) < 4.78 is 0. The number of H-pyrrole nitrogens is 1. The lowest BCUT2D eigenvalue weighted by Crippen LogP contribution is -2.10. The van der Waals surface area contributed by atoms with E-state index in [4.69, 9.17) is 58.9 Å². The van der Waals surface area contributed by atoms with Crippen molar-refractivity contribution in [2.75, 3.05) is 0 Å². The largest absolute Gasteiger partial charge is 0.478 e. The molecule has 0 amide bonds. The Morgan fingerprint density at radius 3 is 1.26 bits per heavy atom. The van der Waals surface area contributed by atoms with Gasteiger partial charge in [0.2, 0.25) is 0 Å². The molecule has 0 bridgehead atoms. The summed E-state index contributed by atoms with van der Waals surface area (Å²) in [5, 5.41) is 101. The number of nitrogens with one attached hydrogen (secondary N) is 1. The van der Waals surface area contributed by atoms with Gasteiger partial charge in [0.15, 0.2) is 17.3 Å². The minimum absolute atomic E-state index is 0. The van der Waals surface area contributed by atoms with E-state index < -0.39 is 72.7 Å². The number of benzene rings is 4. The van der Waals surface area contributed by atoms with Crippen LogP contribution in [0.4, 0.5) is 22.7 Å². The number of carbonyl (C=O) groups excluding carboxylic acids is 2. The molecule has 5 heterocycles. The fraction of sp³-hybridized carbons (Fsp3) is 0.174. The Morgan fingerprint density at radius 1 is 0.387 bits per heavy atom. The van der Waals surface area contributed by atoms with Crippen LogP contribution in [-0.4, -0.2) is 139 Å². The van der Waals surface area contributed by atoms with Crippen LogP contribution < -0.4 is 5.56 Å². The first-order valence-electron chi connectivity index (χ1n) is 28.7. The minimum atomic E-state index is -1.20. The number of Topliss-reactive ketones (excluding diaryl/α,β-unsaturated/α-hetero) is 2. The molecule has 0 aliphatic rings. The third kappa shape index (κ3) is 32.7. The number of nitro benzene ring substituents is 3. The van der Waals surface area contributed by atoms with Crippen molar-refractivity contribution in [2.24, 2.45) is 0 Å². The van der Waals surface area contributed by atoms with Gasteiger partial charge in [0.05, 0.1) is 68.8 Å². The van der Waals surface area contributed by atoms with Gasteiger partial charge in [0.1, 0.15) is 0 Å². The first-order valence-corrected chi connectivity index (χ1v) is 29.4. The molecule has 0 radical (unpaired) electrons. The van der Waals surface area contributed by atoms with Crippen LogP contribution in [-0.2, 0) is 0 Å². The van der Waals surface area contributed by atoms with Crippen LogP contribution in [0, 0.1) is 95.8 Å². The lowest BCUT2D eigenvalue weighted by molar-refractivity contribution is -0.386. The van der Waals surface area contributed by atoms with Crippen molar-refractivity contribution in [3.05, 3.63) is 302 Å². The molecule has 4 aromatic carbocycles. The van der Waals surface area contributed by atoms with E-state index in [1.165, 1.54) is 118 Å². The van der Waals surface area contributed by atoms with Crippen LogP contribution in [0.25, 0.3) is 0 Å². The Labute approximate surface area is 611 Å². The molecule has 0 unspecified atom stereocenters. The van der Waals surface area contributed by atoms with Crippen LogP contribution in [0.2, 0.25) is 10.0 Å². The second kappa shape index (κ2) is 45.8. The summed E-state index contributed by atoms with van der Waals surface area (Å²) in [5.74, 6) is -7.75. The fourth-order valence-electron chi connectivity index (χ4n) is 7.51. The van der Waals surface area contributed by atoms with Crippen molar-refractivity contribution in [1.29, 1.82) is 0 Å². The van der Waals surface area contributed by atoms with Crippen LogP contribution >= 0.6 is 23.2 Å². The van der Waals surface area contributed by atoms with Crippen molar-refractivity contribution in [3.63, 3.8) is 0 Å². The van der Waals surface area contributed by atoms with E-state index in [1.54, 1.807) is 73.1 Å². The van der Waals surface area contributed by atoms with Crippen molar-refractivity contribution >= 4 is 99.3 Å². The maximum atomic E-state index is 11.1. The number of pyridine rings is 4. The van der Waals surface area contributed by atoms with Gasteiger partial charge >= 0.3 is 53.0 Å². The molecule has 9 rings (SSSR count). The number of carboxylic acids is 7. The number of nitro groups is 4. The number of carboxylic acid groups (broad SMARTS) is 7. The zero-order valence-electron chi connectivity index (χ0n) is 56.1. The highest BCUT2D eigenvalue weighted by Crippen LogP contribution is 2.27. The summed E-state index contributed by atoms with van der Waals surface area (Å²) in [7, 11) is 0. The number of aromatic amines is 1. The van der Waals surface area contributed by atoms with Gasteiger partial charge in [-0.1, -0.05) is 44.1 Å². The standard InChI is InChI=1S/C9H6Cl2O3.3C8H7NO4.C8H9NO.2C7H7NO2.C6H6N2O3.C6H6N2O2.2CH4/c1-4(12)5-2-7(10)8(11)3-6(5)9(13)14;1-5-2-6(8(10)11)4-7(3-5)9(12)13;1-5-4-6(9(12)13)2-3-7(5)8(10)11;1-5-2-3-6(9(12)13)4-7(5)8(10)11;1-6-3-4-9-5-8(6)7(2)10;1-5-2-6(7(9)10)4-8-3-5;1-5-4-8-3-2-6(5)7(9)10;1-4-2-5(8(10)11)6(9)7-3-4;1-4-5(6(9)10)8-3-2-7-4;;/h2-3H,1H3,(H,13,14);3*2-4H,1H3,(H,10,11);3-5H,1-2H3;2*2-4H,1H3,(H,9,10);2-3H,1H3,(H,7,9);2-3H,1H3,(H,9,10);2*1H4. The number of rotatable bonds is 13. The lowest BCUT2D eigenvalue weighted by Gasteiger charge is -2.04. The van der Waals surface area contributed by atoms with Gasteiger partial charge in [0, 0.05) is 109 Å². The van der Waals surface area contributed by atoms with Crippen molar-refractivity contribution < 1.29 is 98.6 Å². The molecule has 5 aromatic heterocycles. The molecule has 37 heteroatoms. The smallest absolute Gasteiger partial charge is 0.356 e. The molecule has 0 aliphatic heterocycles. The highest BCUT2D eigenvalue weighted by atomic mass is 35.5.